The van der Waals surface area contributed by atoms with Crippen molar-refractivity contribution in [1.29, 1.82) is 0 Å². The van der Waals surface area contributed by atoms with Crippen LogP contribution < -0.4 is 0 Å². The number of hydrogen-bond donors (Lipinski definition) is 3. The van der Waals surface area contributed by atoms with Crippen LogP contribution in [0.3, 0.4) is 0 Å². The van der Waals surface area contributed by atoms with E-state index in [9.17, 15) is 43.2 Å². The summed E-state index contributed by atoms with van der Waals surface area (Å²) in [5, 5.41) is 10.6. The molecule has 0 aliphatic heterocycles. The fourth-order valence-corrected chi connectivity index (χ4v) is 12.4. The largest absolute Gasteiger partial charge is 0.472 e. The predicted molar refractivity (Wildman–Crippen MR) is 363 cm³/mol. The molecule has 534 valence electrons. The Morgan fingerprint density at radius 3 is 0.756 bits per heavy atom. The molecule has 0 aromatic heterocycles. The van der Waals surface area contributed by atoms with Gasteiger partial charge in [0.25, 0.3) is 0 Å². The number of unbranched alkanes of at least 4 members (excludes halogenated alkanes) is 43. The fraction of sp³-hybridized carbons (Fsp3) is 0.944. The lowest BCUT2D eigenvalue weighted by Gasteiger charge is -2.21. The van der Waals surface area contributed by atoms with Gasteiger partial charge < -0.3 is 33.8 Å². The molecule has 90 heavy (non-hydrogen) atoms. The molecule has 0 spiro atoms. The number of carbonyl (C=O) groups is 4. The van der Waals surface area contributed by atoms with E-state index in [1.54, 1.807) is 0 Å². The van der Waals surface area contributed by atoms with Crippen LogP contribution in [0.15, 0.2) is 0 Å². The van der Waals surface area contributed by atoms with Crippen molar-refractivity contribution >= 4 is 39.5 Å². The average Bonchev–Trinajstić information content (AvgIpc) is 3.34. The summed E-state index contributed by atoms with van der Waals surface area (Å²) in [6.07, 6.45) is 51.4. The van der Waals surface area contributed by atoms with E-state index < -0.39 is 97.5 Å². The van der Waals surface area contributed by atoms with Gasteiger partial charge in [0.05, 0.1) is 26.4 Å². The number of rotatable bonds is 71. The second kappa shape index (κ2) is 64.4. The number of phosphoric ester groups is 2. The summed E-state index contributed by atoms with van der Waals surface area (Å²) >= 11 is 0. The van der Waals surface area contributed by atoms with Gasteiger partial charge >= 0.3 is 39.5 Å². The quantitative estimate of drug-likeness (QED) is 0.0222. The van der Waals surface area contributed by atoms with Crippen LogP contribution in [0.1, 0.15) is 369 Å². The highest BCUT2D eigenvalue weighted by Gasteiger charge is 2.30. The first-order chi connectivity index (χ1) is 43.5. The lowest BCUT2D eigenvalue weighted by atomic mass is 10.0. The van der Waals surface area contributed by atoms with Gasteiger partial charge in [-0.2, -0.15) is 0 Å². The van der Waals surface area contributed by atoms with Crippen LogP contribution in [-0.2, 0) is 65.4 Å². The molecule has 0 heterocycles. The summed E-state index contributed by atoms with van der Waals surface area (Å²) in [4.78, 5) is 72.4. The first kappa shape index (κ1) is 88.1. The van der Waals surface area contributed by atoms with Gasteiger partial charge in [0.1, 0.15) is 19.3 Å². The number of aliphatic hydroxyl groups excluding tert-OH is 1. The molecule has 5 atom stereocenters. The van der Waals surface area contributed by atoms with Crippen molar-refractivity contribution in [2.75, 3.05) is 39.6 Å². The average molecular weight is 1330 g/mol. The van der Waals surface area contributed by atoms with Gasteiger partial charge in [-0.25, -0.2) is 9.13 Å². The van der Waals surface area contributed by atoms with Crippen molar-refractivity contribution in [3.05, 3.63) is 0 Å². The van der Waals surface area contributed by atoms with Crippen molar-refractivity contribution in [2.24, 2.45) is 5.92 Å². The van der Waals surface area contributed by atoms with E-state index in [1.165, 1.54) is 186 Å². The third kappa shape index (κ3) is 64.8. The van der Waals surface area contributed by atoms with E-state index in [0.29, 0.717) is 25.7 Å². The van der Waals surface area contributed by atoms with E-state index in [-0.39, 0.29) is 25.7 Å². The zero-order chi connectivity index (χ0) is 66.3. The van der Waals surface area contributed by atoms with Gasteiger partial charge in [-0.15, -0.1) is 0 Å². The molecule has 0 amide bonds. The van der Waals surface area contributed by atoms with Gasteiger partial charge in [0, 0.05) is 25.7 Å². The number of esters is 4. The SMILES string of the molecule is CCCCCCCCCCCCCCCCCCCCCC(=O)O[C@H](COC(=O)CCCCCCCCCCCCC(C)C)COP(=O)(O)OC[C@@H](O)COP(=O)(O)OC[C@@H](COC(=O)CCCCCCCCCC)OC(=O)CCCCCCCCCCCC. The minimum absolute atomic E-state index is 0.106. The maximum Gasteiger partial charge on any atom is 0.472 e. The van der Waals surface area contributed by atoms with Crippen molar-refractivity contribution in [1.82, 2.24) is 0 Å². The lowest BCUT2D eigenvalue weighted by Crippen LogP contribution is -2.30. The van der Waals surface area contributed by atoms with Crippen LogP contribution >= 0.6 is 15.6 Å². The van der Waals surface area contributed by atoms with Gasteiger partial charge in [-0.05, 0) is 31.6 Å². The van der Waals surface area contributed by atoms with Gasteiger partial charge in [-0.3, -0.25) is 37.3 Å². The maximum atomic E-state index is 13.0. The molecule has 0 saturated heterocycles. The Hall–Kier alpha value is -1.94. The fourth-order valence-electron chi connectivity index (χ4n) is 10.8. The molecule has 0 radical (unpaired) electrons. The Labute approximate surface area is 549 Å². The second-order valence-electron chi connectivity index (χ2n) is 26.1. The molecule has 0 saturated carbocycles. The molecule has 0 aliphatic rings. The van der Waals surface area contributed by atoms with Gasteiger partial charge in [0.15, 0.2) is 12.2 Å². The molecule has 0 rings (SSSR count). The minimum Gasteiger partial charge on any atom is -0.462 e. The first-order valence-electron chi connectivity index (χ1n) is 37.1. The Morgan fingerprint density at radius 2 is 0.511 bits per heavy atom. The van der Waals surface area contributed by atoms with Crippen molar-refractivity contribution < 1.29 is 80.2 Å². The van der Waals surface area contributed by atoms with Gasteiger partial charge in [0.2, 0.25) is 0 Å². The molecular formula is C71H138O17P2. The monoisotopic (exact) mass is 1320 g/mol. The number of ether oxygens (including phenoxy) is 4. The number of carbonyl (C=O) groups excluding carboxylic acids is 4. The van der Waals surface area contributed by atoms with Gasteiger partial charge in [-0.1, -0.05) is 317 Å². The van der Waals surface area contributed by atoms with E-state index >= 15 is 0 Å². The topological polar surface area (TPSA) is 237 Å². The highest BCUT2D eigenvalue weighted by molar-refractivity contribution is 7.47. The van der Waals surface area contributed by atoms with Crippen LogP contribution in [0.5, 0.6) is 0 Å². The Balaban J connectivity index is 5.18. The smallest absolute Gasteiger partial charge is 0.462 e. The molecule has 17 nitrogen and oxygen atoms in total. The maximum absolute atomic E-state index is 13.0. The Bertz CT molecular complexity index is 1740. The van der Waals surface area contributed by atoms with Crippen molar-refractivity contribution in [3.63, 3.8) is 0 Å². The summed E-state index contributed by atoms with van der Waals surface area (Å²) in [5.41, 5.74) is 0. The van der Waals surface area contributed by atoms with E-state index in [2.05, 4.69) is 34.6 Å². The molecule has 3 N–H and O–H groups in total. The second-order valence-corrected chi connectivity index (χ2v) is 29.0. The third-order valence-electron chi connectivity index (χ3n) is 16.5. The molecule has 0 fully saturated rings. The summed E-state index contributed by atoms with van der Waals surface area (Å²) in [7, 11) is -9.89. The Kier molecular flexibility index (Phi) is 63.0. The minimum atomic E-state index is -4.95. The van der Waals surface area contributed by atoms with Crippen molar-refractivity contribution in [2.45, 2.75) is 387 Å². The highest BCUT2D eigenvalue weighted by atomic mass is 31.2. The molecular weight excluding hydrogens is 1190 g/mol. The normalized spacial score (nSPS) is 14.1. The molecule has 2 unspecified atom stereocenters. The molecule has 0 aliphatic carbocycles. The number of hydrogen-bond acceptors (Lipinski definition) is 15. The number of aliphatic hydroxyl groups is 1. The van der Waals surface area contributed by atoms with Crippen LogP contribution in [0.4, 0.5) is 0 Å². The first-order valence-corrected chi connectivity index (χ1v) is 40.1. The van der Waals surface area contributed by atoms with E-state index in [0.717, 1.165) is 102 Å². The molecule has 0 aromatic rings. The van der Waals surface area contributed by atoms with Crippen LogP contribution in [-0.4, -0.2) is 96.7 Å². The van der Waals surface area contributed by atoms with E-state index in [4.69, 9.17) is 37.0 Å². The lowest BCUT2D eigenvalue weighted by molar-refractivity contribution is -0.161. The summed E-state index contributed by atoms with van der Waals surface area (Å²) in [6.45, 7) is 7.21. The number of phosphoric acid groups is 2. The van der Waals surface area contributed by atoms with Crippen LogP contribution in [0.25, 0.3) is 0 Å². The zero-order valence-electron chi connectivity index (χ0n) is 58.3. The molecule has 0 bridgehead atoms. The molecule has 0 aromatic carbocycles. The highest BCUT2D eigenvalue weighted by Crippen LogP contribution is 2.45. The predicted octanol–water partition coefficient (Wildman–Crippen LogP) is 20.5. The standard InChI is InChI=1S/C71H138O17P2/c1-6-9-12-15-18-21-23-24-25-26-27-28-29-30-31-37-42-47-52-57-71(76)88-67(61-82-69(74)55-50-45-40-36-33-32-34-38-43-48-53-64(4)5)63-86-90(79,80)84-59-65(72)58-83-89(77,78)85-62-66(60-81-68(73)54-49-44-39-20-17-14-11-8-3)87-70(75)56-51-46-41-35-22-19-16-13-10-7-2/h64-67,72H,6-63H2,1-5H3,(H,77,78)(H,79,80)/t65-,66+,67+/m0/s1. The summed E-state index contributed by atoms with van der Waals surface area (Å²) < 4.78 is 68.2. The molecule has 19 heteroatoms. The third-order valence-corrected chi connectivity index (χ3v) is 18.4. The van der Waals surface area contributed by atoms with E-state index in [1.807, 2.05) is 0 Å². The zero-order valence-corrected chi connectivity index (χ0v) is 60.1. The Morgan fingerprint density at radius 1 is 0.300 bits per heavy atom. The van der Waals surface area contributed by atoms with Crippen LogP contribution in [0, 0.1) is 5.92 Å². The summed E-state index contributed by atoms with van der Waals surface area (Å²) in [6, 6.07) is 0. The summed E-state index contributed by atoms with van der Waals surface area (Å²) in [5.74, 6) is -1.37. The van der Waals surface area contributed by atoms with Crippen molar-refractivity contribution in [3.8, 4) is 0 Å². The van der Waals surface area contributed by atoms with Crippen LogP contribution in [0.2, 0.25) is 0 Å².